The van der Waals surface area contributed by atoms with Gasteiger partial charge < -0.3 is 14.7 Å². The second-order valence-corrected chi connectivity index (χ2v) is 6.12. The van der Waals surface area contributed by atoms with Crippen LogP contribution in [0.5, 0.6) is 0 Å². The lowest BCUT2D eigenvalue weighted by Crippen LogP contribution is -2.47. The number of rotatable bonds is 3. The van der Waals surface area contributed by atoms with Gasteiger partial charge in [0.05, 0.1) is 6.20 Å². The summed E-state index contributed by atoms with van der Waals surface area (Å²) in [6, 6.07) is 10.6. The minimum atomic E-state index is 0.766. The summed E-state index contributed by atoms with van der Waals surface area (Å²) >= 11 is 0. The van der Waals surface area contributed by atoms with Crippen molar-refractivity contribution in [2.75, 3.05) is 54.0 Å². The molecule has 0 saturated carbocycles. The van der Waals surface area contributed by atoms with Crippen LogP contribution >= 0.6 is 0 Å². The number of para-hydroxylation sites is 1. The normalized spacial score (nSPS) is 18.5. The fourth-order valence-electron chi connectivity index (χ4n) is 3.32. The number of aromatic nitrogens is 3. The first-order chi connectivity index (χ1) is 11.4. The summed E-state index contributed by atoms with van der Waals surface area (Å²) in [4.78, 5) is 11.7. The number of hydrogen-bond donors (Lipinski definition) is 0. The molecule has 3 heterocycles. The highest BCUT2D eigenvalue weighted by molar-refractivity contribution is 5.49. The summed E-state index contributed by atoms with van der Waals surface area (Å²) in [5.41, 5.74) is 1.29. The van der Waals surface area contributed by atoms with Gasteiger partial charge in [0.2, 0.25) is 5.95 Å². The molecular formula is C17H22N6. The minimum Gasteiger partial charge on any atom is -0.368 e. The van der Waals surface area contributed by atoms with E-state index >= 15 is 0 Å². The molecule has 2 fully saturated rings. The van der Waals surface area contributed by atoms with E-state index in [0.29, 0.717) is 0 Å². The van der Waals surface area contributed by atoms with E-state index in [0.717, 1.165) is 51.0 Å². The summed E-state index contributed by atoms with van der Waals surface area (Å²) in [6.45, 7) is 6.00. The average molecular weight is 310 g/mol. The molecule has 6 heteroatoms. The van der Waals surface area contributed by atoms with Crippen LogP contribution in [-0.4, -0.2) is 54.4 Å². The van der Waals surface area contributed by atoms with Crippen LogP contribution in [-0.2, 0) is 0 Å². The summed E-state index contributed by atoms with van der Waals surface area (Å²) in [7, 11) is 0. The van der Waals surface area contributed by atoms with Crippen LogP contribution < -0.4 is 14.7 Å². The van der Waals surface area contributed by atoms with Gasteiger partial charge in [0.15, 0.2) is 5.82 Å². The molecule has 0 atom stereocenters. The molecule has 2 aliphatic rings. The fourth-order valence-corrected chi connectivity index (χ4v) is 3.32. The minimum absolute atomic E-state index is 0.766. The molecule has 1 aromatic carbocycles. The third-order valence-corrected chi connectivity index (χ3v) is 4.65. The topological polar surface area (TPSA) is 48.4 Å². The van der Waals surface area contributed by atoms with Crippen LogP contribution in [0, 0.1) is 0 Å². The van der Waals surface area contributed by atoms with Gasteiger partial charge in [0.1, 0.15) is 0 Å². The number of benzene rings is 1. The van der Waals surface area contributed by atoms with Crippen molar-refractivity contribution in [1.29, 1.82) is 0 Å². The van der Waals surface area contributed by atoms with Crippen LogP contribution in [0.1, 0.15) is 12.8 Å². The van der Waals surface area contributed by atoms with Gasteiger partial charge in [-0.3, -0.25) is 0 Å². The standard InChI is InChI=1S/C17H22N6/c1-2-6-15(7-3-1)21-10-12-23(13-11-21)17-19-16(14-18-20-17)22-8-4-5-9-22/h1-3,6-7,14H,4-5,8-13H2. The van der Waals surface area contributed by atoms with E-state index in [1.165, 1.54) is 18.5 Å². The van der Waals surface area contributed by atoms with Crippen molar-refractivity contribution >= 4 is 17.5 Å². The van der Waals surface area contributed by atoms with E-state index in [9.17, 15) is 0 Å². The highest BCUT2D eigenvalue weighted by atomic mass is 15.4. The highest BCUT2D eigenvalue weighted by Gasteiger charge is 2.21. The Morgan fingerprint density at radius 3 is 2.17 bits per heavy atom. The summed E-state index contributed by atoms with van der Waals surface area (Å²) in [6.07, 6.45) is 4.28. The number of nitrogens with zero attached hydrogens (tertiary/aromatic N) is 6. The third-order valence-electron chi connectivity index (χ3n) is 4.65. The Bertz CT molecular complexity index is 633. The molecule has 0 radical (unpaired) electrons. The van der Waals surface area contributed by atoms with Crippen molar-refractivity contribution in [2.45, 2.75) is 12.8 Å². The quantitative estimate of drug-likeness (QED) is 0.861. The number of anilines is 3. The lowest BCUT2D eigenvalue weighted by atomic mass is 10.2. The predicted octanol–water partition coefficient (Wildman–Crippen LogP) is 1.80. The van der Waals surface area contributed by atoms with Gasteiger partial charge in [-0.1, -0.05) is 18.2 Å². The van der Waals surface area contributed by atoms with Crippen LogP contribution in [0.15, 0.2) is 36.5 Å². The van der Waals surface area contributed by atoms with Gasteiger partial charge in [-0.25, -0.2) is 0 Å². The SMILES string of the molecule is c1ccc(N2CCN(c3nncc(N4CCCC4)n3)CC2)cc1. The van der Waals surface area contributed by atoms with Gasteiger partial charge >= 0.3 is 0 Å². The molecule has 4 rings (SSSR count). The Hall–Kier alpha value is -2.37. The molecule has 0 bridgehead atoms. The first kappa shape index (κ1) is 14.2. The zero-order chi connectivity index (χ0) is 15.5. The lowest BCUT2D eigenvalue weighted by molar-refractivity contribution is 0.634. The van der Waals surface area contributed by atoms with Crippen molar-refractivity contribution in [3.63, 3.8) is 0 Å². The average Bonchev–Trinajstić information content (AvgIpc) is 3.18. The van der Waals surface area contributed by atoms with E-state index in [-0.39, 0.29) is 0 Å². The van der Waals surface area contributed by atoms with Gasteiger partial charge in [0, 0.05) is 45.0 Å². The first-order valence-electron chi connectivity index (χ1n) is 8.40. The van der Waals surface area contributed by atoms with Crippen molar-refractivity contribution in [3.05, 3.63) is 36.5 Å². The molecule has 0 N–H and O–H groups in total. The molecule has 2 saturated heterocycles. The Kier molecular flexibility index (Phi) is 3.96. The molecule has 120 valence electrons. The molecule has 0 unspecified atom stereocenters. The molecule has 23 heavy (non-hydrogen) atoms. The zero-order valence-corrected chi connectivity index (χ0v) is 13.3. The molecule has 6 nitrogen and oxygen atoms in total. The smallest absolute Gasteiger partial charge is 0.247 e. The molecule has 0 aliphatic carbocycles. The lowest BCUT2D eigenvalue weighted by Gasteiger charge is -2.36. The Morgan fingerprint density at radius 2 is 1.43 bits per heavy atom. The van der Waals surface area contributed by atoms with E-state index in [2.05, 4.69) is 55.2 Å². The van der Waals surface area contributed by atoms with Gasteiger partial charge in [-0.15, -0.1) is 5.10 Å². The molecular weight excluding hydrogens is 288 g/mol. The van der Waals surface area contributed by atoms with Gasteiger partial charge in [-0.05, 0) is 25.0 Å². The maximum atomic E-state index is 4.74. The largest absolute Gasteiger partial charge is 0.368 e. The highest BCUT2D eigenvalue weighted by Crippen LogP contribution is 2.21. The maximum Gasteiger partial charge on any atom is 0.247 e. The van der Waals surface area contributed by atoms with Crippen LogP contribution in [0.3, 0.4) is 0 Å². The Morgan fingerprint density at radius 1 is 0.739 bits per heavy atom. The van der Waals surface area contributed by atoms with Crippen LogP contribution in [0.2, 0.25) is 0 Å². The summed E-state index contributed by atoms with van der Waals surface area (Å²) in [5.74, 6) is 1.74. The van der Waals surface area contributed by atoms with E-state index in [1.807, 2.05) is 0 Å². The van der Waals surface area contributed by atoms with Crippen LogP contribution in [0.25, 0.3) is 0 Å². The van der Waals surface area contributed by atoms with Crippen molar-refractivity contribution in [2.24, 2.45) is 0 Å². The van der Waals surface area contributed by atoms with E-state index in [4.69, 9.17) is 4.98 Å². The van der Waals surface area contributed by atoms with Gasteiger partial charge in [0.25, 0.3) is 0 Å². The second-order valence-electron chi connectivity index (χ2n) is 6.12. The monoisotopic (exact) mass is 310 g/mol. The molecule has 0 amide bonds. The summed E-state index contributed by atoms with van der Waals surface area (Å²) in [5, 5.41) is 8.42. The zero-order valence-electron chi connectivity index (χ0n) is 13.3. The van der Waals surface area contributed by atoms with Crippen molar-refractivity contribution < 1.29 is 0 Å². The summed E-state index contributed by atoms with van der Waals surface area (Å²) < 4.78 is 0. The van der Waals surface area contributed by atoms with E-state index < -0.39 is 0 Å². The molecule has 0 spiro atoms. The van der Waals surface area contributed by atoms with Crippen LogP contribution in [0.4, 0.5) is 17.5 Å². The molecule has 1 aromatic heterocycles. The second kappa shape index (κ2) is 6.40. The first-order valence-corrected chi connectivity index (χ1v) is 8.40. The Balaban J connectivity index is 1.43. The predicted molar refractivity (Wildman–Crippen MR) is 92.1 cm³/mol. The number of hydrogen-bond acceptors (Lipinski definition) is 6. The van der Waals surface area contributed by atoms with Gasteiger partial charge in [-0.2, -0.15) is 10.1 Å². The molecule has 2 aliphatic heterocycles. The Labute approximate surface area is 136 Å². The van der Waals surface area contributed by atoms with E-state index in [1.54, 1.807) is 6.20 Å². The van der Waals surface area contributed by atoms with Crippen molar-refractivity contribution in [1.82, 2.24) is 15.2 Å². The molecule has 2 aromatic rings. The fraction of sp³-hybridized carbons (Fsp3) is 0.471. The van der Waals surface area contributed by atoms with Crippen molar-refractivity contribution in [3.8, 4) is 0 Å². The number of piperazine rings is 1. The maximum absolute atomic E-state index is 4.74. The third kappa shape index (κ3) is 3.06.